The maximum atomic E-state index is 13.0. The number of sulfonamides is 1. The van der Waals surface area contributed by atoms with Crippen molar-refractivity contribution in [2.24, 2.45) is 5.92 Å². The van der Waals surface area contributed by atoms with Gasteiger partial charge in [-0.15, -0.1) is 0 Å². The highest BCUT2D eigenvalue weighted by molar-refractivity contribution is 7.89. The van der Waals surface area contributed by atoms with Gasteiger partial charge in [-0.25, -0.2) is 8.42 Å². The molecule has 6 nitrogen and oxygen atoms in total. The number of benzene rings is 2. The van der Waals surface area contributed by atoms with Crippen LogP contribution < -0.4 is 0 Å². The molecule has 2 heterocycles. The van der Waals surface area contributed by atoms with Gasteiger partial charge in [0.05, 0.1) is 16.5 Å². The fourth-order valence-electron chi connectivity index (χ4n) is 4.24. The van der Waals surface area contributed by atoms with Gasteiger partial charge in [0.1, 0.15) is 0 Å². The van der Waals surface area contributed by atoms with E-state index in [1.165, 1.54) is 39.7 Å². The van der Waals surface area contributed by atoms with Crippen LogP contribution >= 0.6 is 0 Å². The first-order valence-corrected chi connectivity index (χ1v) is 12.0. The number of nitrogens with zero attached hydrogens (tertiary/aromatic N) is 3. The lowest BCUT2D eigenvalue weighted by molar-refractivity contribution is -0.136. The Labute approximate surface area is 183 Å². The molecule has 0 bridgehead atoms. The molecular weight excluding hydrogens is 410 g/mol. The SMILES string of the molecule is N#Cc1ccc(S(=O)(=O)N2CCC(C(=O)N3CC=C(c4ccccc4)CC3)CC2)cc1. The minimum atomic E-state index is -3.61. The molecule has 2 aromatic carbocycles. The molecule has 1 saturated heterocycles. The highest BCUT2D eigenvalue weighted by Crippen LogP contribution is 2.28. The van der Waals surface area contributed by atoms with Crippen molar-refractivity contribution in [1.29, 1.82) is 5.26 Å². The van der Waals surface area contributed by atoms with Gasteiger partial charge in [-0.05, 0) is 54.7 Å². The summed E-state index contributed by atoms with van der Waals surface area (Å²) in [6.07, 6.45) is 4.02. The summed E-state index contributed by atoms with van der Waals surface area (Å²) in [7, 11) is -3.61. The van der Waals surface area contributed by atoms with Gasteiger partial charge in [0, 0.05) is 32.1 Å². The second kappa shape index (κ2) is 9.04. The molecule has 0 unspecified atom stereocenters. The number of nitriles is 1. The number of rotatable bonds is 4. The third-order valence-electron chi connectivity index (χ3n) is 6.09. The van der Waals surface area contributed by atoms with Crippen LogP contribution in [-0.2, 0) is 14.8 Å². The molecule has 160 valence electrons. The molecule has 7 heteroatoms. The van der Waals surface area contributed by atoms with Crippen molar-refractivity contribution in [1.82, 2.24) is 9.21 Å². The molecule has 2 aliphatic rings. The molecule has 31 heavy (non-hydrogen) atoms. The Hall–Kier alpha value is -2.95. The van der Waals surface area contributed by atoms with Crippen molar-refractivity contribution >= 4 is 21.5 Å². The van der Waals surface area contributed by atoms with Crippen molar-refractivity contribution in [3.63, 3.8) is 0 Å². The van der Waals surface area contributed by atoms with E-state index in [-0.39, 0.29) is 16.7 Å². The first-order valence-electron chi connectivity index (χ1n) is 10.5. The minimum Gasteiger partial charge on any atom is -0.338 e. The summed E-state index contributed by atoms with van der Waals surface area (Å²) >= 11 is 0. The van der Waals surface area contributed by atoms with Crippen molar-refractivity contribution < 1.29 is 13.2 Å². The first kappa shape index (κ1) is 21.3. The van der Waals surface area contributed by atoms with Crippen molar-refractivity contribution in [2.45, 2.75) is 24.2 Å². The van der Waals surface area contributed by atoms with Gasteiger partial charge < -0.3 is 4.90 Å². The Morgan fingerprint density at radius 3 is 2.23 bits per heavy atom. The van der Waals surface area contributed by atoms with Crippen LogP contribution in [0.3, 0.4) is 0 Å². The Morgan fingerprint density at radius 2 is 1.65 bits per heavy atom. The maximum absolute atomic E-state index is 13.0. The van der Waals surface area contributed by atoms with Gasteiger partial charge in [-0.2, -0.15) is 9.57 Å². The number of hydrogen-bond donors (Lipinski definition) is 0. The minimum absolute atomic E-state index is 0.124. The number of carbonyl (C=O) groups is 1. The van der Waals surface area contributed by atoms with E-state index < -0.39 is 10.0 Å². The summed E-state index contributed by atoms with van der Waals surface area (Å²) in [5.41, 5.74) is 2.90. The number of hydrogen-bond acceptors (Lipinski definition) is 4. The van der Waals surface area contributed by atoms with E-state index in [1.54, 1.807) is 0 Å². The molecule has 0 N–H and O–H groups in total. The van der Waals surface area contributed by atoms with E-state index in [0.29, 0.717) is 44.6 Å². The van der Waals surface area contributed by atoms with Gasteiger partial charge in [0.2, 0.25) is 15.9 Å². The standard InChI is InChI=1S/C24H25N3O3S/c25-18-19-6-8-23(9-7-19)31(29,30)27-16-12-22(13-17-27)24(28)26-14-10-21(11-15-26)20-4-2-1-3-5-20/h1-10,22H,11-17H2. The van der Waals surface area contributed by atoms with Gasteiger partial charge in [0.15, 0.2) is 0 Å². The van der Waals surface area contributed by atoms with E-state index >= 15 is 0 Å². The molecular formula is C24H25N3O3S. The van der Waals surface area contributed by atoms with E-state index in [2.05, 4.69) is 18.2 Å². The fourth-order valence-corrected chi connectivity index (χ4v) is 5.71. The Bertz CT molecular complexity index is 1110. The molecule has 0 spiro atoms. The third-order valence-corrected chi connectivity index (χ3v) is 8.00. The quantitative estimate of drug-likeness (QED) is 0.738. The summed E-state index contributed by atoms with van der Waals surface area (Å²) in [5, 5.41) is 8.89. The van der Waals surface area contributed by atoms with Crippen LogP contribution in [0.15, 0.2) is 65.6 Å². The van der Waals surface area contributed by atoms with Crippen LogP contribution in [0.1, 0.15) is 30.4 Å². The monoisotopic (exact) mass is 435 g/mol. The van der Waals surface area contributed by atoms with Crippen LogP contribution in [0.4, 0.5) is 0 Å². The molecule has 0 aliphatic carbocycles. The molecule has 4 rings (SSSR count). The van der Waals surface area contributed by atoms with Gasteiger partial charge in [0.25, 0.3) is 0 Å². The Morgan fingerprint density at radius 1 is 0.968 bits per heavy atom. The lowest BCUT2D eigenvalue weighted by Gasteiger charge is -2.34. The smallest absolute Gasteiger partial charge is 0.243 e. The molecule has 0 saturated carbocycles. The van der Waals surface area contributed by atoms with Crippen LogP contribution in [0.5, 0.6) is 0 Å². The predicted octanol–water partition coefficient (Wildman–Crippen LogP) is 3.27. The van der Waals surface area contributed by atoms with Crippen LogP contribution in [-0.4, -0.2) is 49.7 Å². The number of piperidine rings is 1. The second-order valence-electron chi connectivity index (χ2n) is 7.94. The molecule has 0 atom stereocenters. The summed E-state index contributed by atoms with van der Waals surface area (Å²) < 4.78 is 27.2. The lowest BCUT2D eigenvalue weighted by Crippen LogP contribution is -2.45. The topological polar surface area (TPSA) is 81.5 Å². The predicted molar refractivity (Wildman–Crippen MR) is 118 cm³/mol. The Balaban J connectivity index is 1.35. The summed E-state index contributed by atoms with van der Waals surface area (Å²) in [6.45, 7) is 1.96. The lowest BCUT2D eigenvalue weighted by atomic mass is 9.94. The van der Waals surface area contributed by atoms with Gasteiger partial charge >= 0.3 is 0 Å². The van der Waals surface area contributed by atoms with Gasteiger partial charge in [-0.3, -0.25) is 4.79 Å². The van der Waals surface area contributed by atoms with Crippen LogP contribution in [0.2, 0.25) is 0 Å². The zero-order valence-electron chi connectivity index (χ0n) is 17.3. The molecule has 0 radical (unpaired) electrons. The summed E-state index contributed by atoms with van der Waals surface area (Å²) in [6, 6.07) is 18.2. The summed E-state index contributed by atoms with van der Waals surface area (Å²) in [4.78, 5) is 15.1. The van der Waals surface area contributed by atoms with Gasteiger partial charge in [-0.1, -0.05) is 36.4 Å². The zero-order chi connectivity index (χ0) is 21.8. The Kier molecular flexibility index (Phi) is 6.21. The first-order chi connectivity index (χ1) is 15.0. The second-order valence-corrected chi connectivity index (χ2v) is 9.88. The van der Waals surface area contributed by atoms with E-state index in [0.717, 1.165) is 6.42 Å². The highest BCUT2D eigenvalue weighted by Gasteiger charge is 2.34. The molecule has 1 amide bonds. The zero-order valence-corrected chi connectivity index (χ0v) is 18.1. The fraction of sp³-hybridized carbons (Fsp3) is 0.333. The van der Waals surface area contributed by atoms with E-state index in [4.69, 9.17) is 5.26 Å². The van der Waals surface area contributed by atoms with Crippen LogP contribution in [0.25, 0.3) is 5.57 Å². The maximum Gasteiger partial charge on any atom is 0.243 e. The average Bonchev–Trinajstić information content (AvgIpc) is 2.84. The van der Waals surface area contributed by atoms with Crippen molar-refractivity contribution in [2.75, 3.05) is 26.2 Å². The van der Waals surface area contributed by atoms with Crippen molar-refractivity contribution in [3.8, 4) is 6.07 Å². The largest absolute Gasteiger partial charge is 0.338 e. The van der Waals surface area contributed by atoms with E-state index in [1.807, 2.05) is 29.2 Å². The molecule has 0 aromatic heterocycles. The molecule has 2 aliphatic heterocycles. The normalized spacial score (nSPS) is 18.3. The average molecular weight is 436 g/mol. The highest BCUT2D eigenvalue weighted by atomic mass is 32.2. The molecule has 1 fully saturated rings. The number of amides is 1. The van der Waals surface area contributed by atoms with Crippen molar-refractivity contribution in [3.05, 3.63) is 71.8 Å². The van der Waals surface area contributed by atoms with Crippen LogP contribution in [0, 0.1) is 17.2 Å². The third kappa shape index (κ3) is 4.55. The number of carbonyl (C=O) groups excluding carboxylic acids is 1. The molecule has 2 aromatic rings. The summed E-state index contributed by atoms with van der Waals surface area (Å²) in [5.74, 6) is -0.0159. The van der Waals surface area contributed by atoms with E-state index in [9.17, 15) is 13.2 Å².